The Labute approximate surface area is 324 Å². The minimum atomic E-state index is 0.600. The first-order chi connectivity index (χ1) is 27.7. The molecule has 5 heteroatoms. The van der Waals surface area contributed by atoms with E-state index in [9.17, 15) is 0 Å². The van der Waals surface area contributed by atoms with Gasteiger partial charge in [-0.25, -0.2) is 15.0 Å². The van der Waals surface area contributed by atoms with Crippen molar-refractivity contribution in [3.8, 4) is 56.4 Å². The Balaban J connectivity index is 1.11. The maximum atomic E-state index is 6.45. The van der Waals surface area contributed by atoms with E-state index < -0.39 is 0 Å². The maximum absolute atomic E-state index is 6.45. The normalized spacial score (nSPS) is 11.2. The quantitative estimate of drug-likeness (QED) is 0.157. The molecule has 5 nitrogen and oxygen atoms in total. The summed E-state index contributed by atoms with van der Waals surface area (Å²) in [6.07, 6.45) is 0. The van der Waals surface area contributed by atoms with Crippen molar-refractivity contribution < 1.29 is 4.42 Å². The smallest absolute Gasteiger partial charge is 0.164 e. The standard InChI is InChI=1S/C51H34N4O/c1-5-14-35(15-6-1)37-24-27-42(28-25-37)55(43-23-13-22-40(32-43)36-16-7-2-8-17-36)44-29-31-48-46(34-44)45-33-41(26-30-47(45)56-48)51-53-49(38-18-9-3-10-19-38)52-50(54-51)39-20-11-4-12-21-39/h1-34H. The lowest BCUT2D eigenvalue weighted by molar-refractivity contribution is 0.669. The second kappa shape index (κ2) is 14.3. The highest BCUT2D eigenvalue weighted by atomic mass is 16.3. The molecule has 0 bridgehead atoms. The molecule has 10 rings (SSSR count). The zero-order valence-electron chi connectivity index (χ0n) is 30.3. The van der Waals surface area contributed by atoms with Gasteiger partial charge in [-0.05, 0) is 82.9 Å². The van der Waals surface area contributed by atoms with Gasteiger partial charge in [0.05, 0.1) is 0 Å². The van der Waals surface area contributed by atoms with Gasteiger partial charge in [0.1, 0.15) is 11.2 Å². The molecule has 2 aromatic heterocycles. The van der Waals surface area contributed by atoms with E-state index in [0.29, 0.717) is 17.5 Å². The van der Waals surface area contributed by atoms with E-state index in [2.05, 4.69) is 132 Å². The van der Waals surface area contributed by atoms with Crippen LogP contribution < -0.4 is 4.90 Å². The maximum Gasteiger partial charge on any atom is 0.164 e. The minimum absolute atomic E-state index is 0.600. The molecule has 0 saturated carbocycles. The molecule has 0 fully saturated rings. The second-order valence-corrected chi connectivity index (χ2v) is 13.7. The van der Waals surface area contributed by atoms with Crippen LogP contribution in [0.5, 0.6) is 0 Å². The highest BCUT2D eigenvalue weighted by Gasteiger charge is 2.18. The van der Waals surface area contributed by atoms with Crippen molar-refractivity contribution in [2.45, 2.75) is 0 Å². The van der Waals surface area contributed by atoms with Crippen molar-refractivity contribution in [3.05, 3.63) is 206 Å². The van der Waals surface area contributed by atoms with Crippen LogP contribution in [0.25, 0.3) is 78.4 Å². The fourth-order valence-corrected chi connectivity index (χ4v) is 7.32. The zero-order chi connectivity index (χ0) is 37.3. The summed E-state index contributed by atoms with van der Waals surface area (Å²) < 4.78 is 6.45. The van der Waals surface area contributed by atoms with Crippen molar-refractivity contribution in [2.24, 2.45) is 0 Å². The summed E-state index contributed by atoms with van der Waals surface area (Å²) in [5.41, 5.74) is 12.1. The number of benzene rings is 8. The van der Waals surface area contributed by atoms with Crippen LogP contribution in [0.2, 0.25) is 0 Å². The zero-order valence-corrected chi connectivity index (χ0v) is 30.3. The van der Waals surface area contributed by atoms with Crippen LogP contribution in [0.3, 0.4) is 0 Å². The molecule has 0 spiro atoms. The van der Waals surface area contributed by atoms with Crippen molar-refractivity contribution >= 4 is 39.0 Å². The monoisotopic (exact) mass is 718 g/mol. The van der Waals surface area contributed by atoms with E-state index in [0.717, 1.165) is 61.3 Å². The van der Waals surface area contributed by atoms with Crippen LogP contribution in [0.15, 0.2) is 211 Å². The molecule has 10 aromatic rings. The van der Waals surface area contributed by atoms with Crippen LogP contribution >= 0.6 is 0 Å². The van der Waals surface area contributed by atoms with E-state index in [1.54, 1.807) is 0 Å². The van der Waals surface area contributed by atoms with Crippen LogP contribution in [-0.2, 0) is 0 Å². The number of anilines is 3. The van der Waals surface area contributed by atoms with Gasteiger partial charge in [-0.3, -0.25) is 0 Å². The first-order valence-electron chi connectivity index (χ1n) is 18.7. The Kier molecular flexibility index (Phi) is 8.43. The van der Waals surface area contributed by atoms with Crippen molar-refractivity contribution in [1.82, 2.24) is 15.0 Å². The van der Waals surface area contributed by atoms with Gasteiger partial charge in [0, 0.05) is 44.5 Å². The first kappa shape index (κ1) is 33.0. The Bertz CT molecular complexity index is 2890. The minimum Gasteiger partial charge on any atom is -0.456 e. The van der Waals surface area contributed by atoms with E-state index in [1.807, 2.05) is 78.9 Å². The van der Waals surface area contributed by atoms with Crippen molar-refractivity contribution in [2.75, 3.05) is 4.90 Å². The molecule has 0 aliphatic heterocycles. The third-order valence-electron chi connectivity index (χ3n) is 10.1. The Hall–Kier alpha value is -7.63. The Morgan fingerprint density at radius 1 is 0.286 bits per heavy atom. The van der Waals surface area contributed by atoms with Gasteiger partial charge >= 0.3 is 0 Å². The summed E-state index contributed by atoms with van der Waals surface area (Å²) in [6.45, 7) is 0. The molecule has 0 saturated heterocycles. The van der Waals surface area contributed by atoms with Gasteiger partial charge in [0.15, 0.2) is 17.5 Å². The number of aromatic nitrogens is 3. The van der Waals surface area contributed by atoms with Crippen LogP contribution in [0.4, 0.5) is 17.1 Å². The molecule has 0 N–H and O–H groups in total. The van der Waals surface area contributed by atoms with Gasteiger partial charge in [-0.2, -0.15) is 0 Å². The SMILES string of the molecule is c1ccc(-c2ccc(N(c3cccc(-c4ccccc4)c3)c3ccc4oc5ccc(-c6nc(-c7ccccc7)nc(-c7ccccc7)n6)cc5c4c3)cc2)cc1. The van der Waals surface area contributed by atoms with Crippen molar-refractivity contribution in [3.63, 3.8) is 0 Å². The molecule has 0 amide bonds. The lowest BCUT2D eigenvalue weighted by atomic mass is 10.0. The summed E-state index contributed by atoms with van der Waals surface area (Å²) in [7, 11) is 0. The number of rotatable bonds is 8. The number of nitrogens with zero attached hydrogens (tertiary/aromatic N) is 4. The number of hydrogen-bond acceptors (Lipinski definition) is 5. The third-order valence-corrected chi connectivity index (χ3v) is 10.1. The largest absolute Gasteiger partial charge is 0.456 e. The average molecular weight is 719 g/mol. The molecular weight excluding hydrogens is 685 g/mol. The highest BCUT2D eigenvalue weighted by molar-refractivity contribution is 6.08. The van der Waals surface area contributed by atoms with Gasteiger partial charge in [-0.15, -0.1) is 0 Å². The molecule has 0 unspecified atom stereocenters. The van der Waals surface area contributed by atoms with Gasteiger partial charge in [0.2, 0.25) is 0 Å². The number of fused-ring (bicyclic) bond motifs is 3. The predicted molar refractivity (Wildman–Crippen MR) is 229 cm³/mol. The first-order valence-corrected chi connectivity index (χ1v) is 18.7. The molecule has 0 radical (unpaired) electrons. The lowest BCUT2D eigenvalue weighted by Crippen LogP contribution is -2.10. The molecule has 0 aliphatic carbocycles. The summed E-state index contributed by atoms with van der Waals surface area (Å²) in [6, 6.07) is 71.2. The molecule has 264 valence electrons. The van der Waals surface area contributed by atoms with E-state index in [-0.39, 0.29) is 0 Å². The summed E-state index contributed by atoms with van der Waals surface area (Å²) in [5, 5.41) is 1.99. The molecule has 0 aliphatic rings. The Morgan fingerprint density at radius 3 is 1.29 bits per heavy atom. The van der Waals surface area contributed by atoms with E-state index in [1.165, 1.54) is 16.7 Å². The summed E-state index contributed by atoms with van der Waals surface area (Å²) in [5.74, 6) is 1.85. The third kappa shape index (κ3) is 6.37. The van der Waals surface area contributed by atoms with Gasteiger partial charge < -0.3 is 9.32 Å². The fourth-order valence-electron chi connectivity index (χ4n) is 7.32. The van der Waals surface area contributed by atoms with Crippen molar-refractivity contribution in [1.29, 1.82) is 0 Å². The van der Waals surface area contributed by atoms with Gasteiger partial charge in [0.25, 0.3) is 0 Å². The van der Waals surface area contributed by atoms with E-state index >= 15 is 0 Å². The van der Waals surface area contributed by atoms with E-state index in [4.69, 9.17) is 19.4 Å². The lowest BCUT2D eigenvalue weighted by Gasteiger charge is -2.26. The Morgan fingerprint density at radius 2 is 0.696 bits per heavy atom. The molecule has 8 aromatic carbocycles. The summed E-state index contributed by atoms with van der Waals surface area (Å²) in [4.78, 5) is 17.2. The average Bonchev–Trinajstić information content (AvgIpc) is 3.65. The van der Waals surface area contributed by atoms with Crippen LogP contribution in [0, 0.1) is 0 Å². The van der Waals surface area contributed by atoms with Crippen LogP contribution in [0.1, 0.15) is 0 Å². The van der Waals surface area contributed by atoms with Gasteiger partial charge in [-0.1, -0.05) is 146 Å². The molecule has 0 atom stereocenters. The molecular formula is C51H34N4O. The number of furan rings is 1. The molecule has 2 heterocycles. The highest BCUT2D eigenvalue weighted by Crippen LogP contribution is 2.41. The van der Waals surface area contributed by atoms with Crippen LogP contribution in [-0.4, -0.2) is 15.0 Å². The number of hydrogen-bond donors (Lipinski definition) is 0. The fraction of sp³-hybridized carbons (Fsp3) is 0. The topological polar surface area (TPSA) is 55.1 Å². The summed E-state index contributed by atoms with van der Waals surface area (Å²) >= 11 is 0. The predicted octanol–water partition coefficient (Wildman–Crippen LogP) is 13.6. The molecule has 56 heavy (non-hydrogen) atoms. The second-order valence-electron chi connectivity index (χ2n) is 13.7.